The van der Waals surface area contributed by atoms with Crippen molar-refractivity contribution in [2.45, 2.75) is 143 Å². The molecule has 0 radical (unpaired) electrons. The van der Waals surface area contributed by atoms with Gasteiger partial charge in [0.2, 0.25) is 12.2 Å². The van der Waals surface area contributed by atoms with Gasteiger partial charge in [0, 0.05) is 17.5 Å². The molecule has 1 aromatic heterocycles. The fraction of sp³-hybridized carbons (Fsp3) is 0.403. The van der Waals surface area contributed by atoms with Crippen LogP contribution in [0.3, 0.4) is 0 Å². The SMILES string of the molecule is CC(=O)/C=C/c1ccc(C(C)C)cc1.CC(C)c1ccc(-c2ncon2)cc1.CC(C)c1ccc(C(=O)CC#N)cc1.CC(C)c1ccc(C2(O)CCNCC2)cc1.CC(C)c1ccc(C2CCO2)cc1. The standard InChI is InChI=1S/C14H21NO.C13H16O.C12H13NO.C12H16O.C11H12N2O/c1-11(2)12-3-5-13(6-4-12)14(16)7-9-15-10-8-14;1-10(2)13-8-6-12(7-9-13)5-4-11(3)14;1-9(2)10-3-5-11(6-4-10)12(14)7-8-13;1-9(2)10-3-5-11(6-4-10)12-7-8-13-12;1-8(2)9-3-5-10(6-4-9)11-12-7-14-13-11/h3-6,11,15-16H,7-10H2,1-2H3;4-10H,1-3H3;3-6,9H,7H2,1-2H3;3-6,9,12H,7-8H2,1-2H3;3-8H,1-2H3/b;5-4+;;;. The summed E-state index contributed by atoms with van der Waals surface area (Å²) in [6, 6.07) is 43.1. The molecule has 9 heteroatoms. The first kappa shape index (κ1) is 57.3. The number of hydrogen-bond acceptors (Lipinski definition) is 9. The second-order valence-electron chi connectivity index (χ2n) is 19.9. The van der Waals surface area contributed by atoms with Crippen LogP contribution in [0.25, 0.3) is 17.5 Å². The molecular formula is C62H78N4O5. The zero-order valence-electron chi connectivity index (χ0n) is 44.1. The number of carbonyl (C=O) groups is 2. The number of Topliss-reactive ketones (excluding diaryl/α,β-unsaturated/α-hetero) is 1. The number of nitrogens with zero attached hydrogens (tertiary/aromatic N) is 3. The highest BCUT2D eigenvalue weighted by molar-refractivity contribution is 5.97. The Morgan fingerprint density at radius 2 is 1.13 bits per heavy atom. The quantitative estimate of drug-likeness (QED) is 0.0906. The lowest BCUT2D eigenvalue weighted by atomic mass is 9.84. The van der Waals surface area contributed by atoms with Crippen molar-refractivity contribution in [3.8, 4) is 17.5 Å². The zero-order valence-corrected chi connectivity index (χ0v) is 44.1. The summed E-state index contributed by atoms with van der Waals surface area (Å²) >= 11 is 0. The van der Waals surface area contributed by atoms with Gasteiger partial charge in [-0.1, -0.05) is 202 Å². The van der Waals surface area contributed by atoms with Crippen LogP contribution >= 0.6 is 0 Å². The Morgan fingerprint density at radius 3 is 1.52 bits per heavy atom. The number of nitriles is 1. The maximum absolute atomic E-state index is 11.3. The van der Waals surface area contributed by atoms with E-state index in [-0.39, 0.29) is 18.0 Å². The van der Waals surface area contributed by atoms with Gasteiger partial charge in [0.1, 0.15) is 0 Å². The second-order valence-corrected chi connectivity index (χ2v) is 19.9. The highest BCUT2D eigenvalue weighted by Gasteiger charge is 2.31. The van der Waals surface area contributed by atoms with Crippen LogP contribution in [0.1, 0.15) is 192 Å². The molecule has 0 amide bonds. The molecule has 8 rings (SSSR count). The van der Waals surface area contributed by atoms with E-state index in [0.717, 1.165) is 49.2 Å². The van der Waals surface area contributed by atoms with Gasteiger partial charge in [-0.2, -0.15) is 10.2 Å². The van der Waals surface area contributed by atoms with Crippen molar-refractivity contribution in [2.24, 2.45) is 0 Å². The van der Waals surface area contributed by atoms with E-state index in [4.69, 9.17) is 10.00 Å². The predicted molar refractivity (Wildman–Crippen MR) is 290 cm³/mol. The second kappa shape index (κ2) is 29.1. The van der Waals surface area contributed by atoms with Crippen LogP contribution in [-0.4, -0.2) is 46.5 Å². The largest absolute Gasteiger partial charge is 0.385 e. The molecule has 2 fully saturated rings. The van der Waals surface area contributed by atoms with Gasteiger partial charge < -0.3 is 19.7 Å². The summed E-state index contributed by atoms with van der Waals surface area (Å²) in [6.07, 6.45) is 7.91. The molecular weight excluding hydrogens is 881 g/mol. The zero-order chi connectivity index (χ0) is 51.9. The van der Waals surface area contributed by atoms with E-state index >= 15 is 0 Å². The molecule has 9 nitrogen and oxygen atoms in total. The molecule has 5 aromatic carbocycles. The Kier molecular flexibility index (Phi) is 23.5. The monoisotopic (exact) mass is 959 g/mol. The van der Waals surface area contributed by atoms with Crippen LogP contribution in [0, 0.1) is 11.3 Å². The van der Waals surface area contributed by atoms with Crippen molar-refractivity contribution >= 4 is 17.6 Å². The van der Waals surface area contributed by atoms with Crippen LogP contribution in [-0.2, 0) is 15.1 Å². The van der Waals surface area contributed by atoms with Crippen LogP contribution in [0.5, 0.6) is 0 Å². The summed E-state index contributed by atoms with van der Waals surface area (Å²) in [7, 11) is 0. The Hall–Kier alpha value is -6.31. The number of ether oxygens (including phenoxy) is 1. The third-order valence-electron chi connectivity index (χ3n) is 12.7. The molecule has 71 heavy (non-hydrogen) atoms. The normalized spacial score (nSPS) is 14.7. The highest BCUT2D eigenvalue weighted by atomic mass is 16.5. The molecule has 0 aliphatic carbocycles. The van der Waals surface area contributed by atoms with E-state index in [1.807, 2.05) is 48.5 Å². The molecule has 2 N–H and O–H groups in total. The summed E-state index contributed by atoms with van der Waals surface area (Å²) in [5.41, 5.74) is 11.1. The third-order valence-corrected chi connectivity index (χ3v) is 12.7. The maximum atomic E-state index is 11.3. The first-order chi connectivity index (χ1) is 33.9. The Labute approximate surface area is 424 Å². The first-order valence-corrected chi connectivity index (χ1v) is 25.3. The fourth-order valence-corrected chi connectivity index (χ4v) is 7.65. The number of ketones is 2. The fourth-order valence-electron chi connectivity index (χ4n) is 7.65. The van der Waals surface area contributed by atoms with Crippen LogP contribution < -0.4 is 5.32 Å². The number of allylic oxidation sites excluding steroid dienone is 1. The lowest BCUT2D eigenvalue weighted by molar-refractivity contribution is -0.112. The molecule has 0 spiro atoms. The smallest absolute Gasteiger partial charge is 0.214 e. The van der Waals surface area contributed by atoms with E-state index in [0.29, 0.717) is 47.1 Å². The van der Waals surface area contributed by atoms with Gasteiger partial charge >= 0.3 is 0 Å². The highest BCUT2D eigenvalue weighted by Crippen LogP contribution is 2.32. The van der Waals surface area contributed by atoms with E-state index in [2.05, 4.69) is 162 Å². The number of aliphatic hydroxyl groups is 1. The van der Waals surface area contributed by atoms with Crippen molar-refractivity contribution in [3.05, 3.63) is 184 Å². The van der Waals surface area contributed by atoms with Gasteiger partial charge in [-0.05, 0) is 113 Å². The van der Waals surface area contributed by atoms with Crippen molar-refractivity contribution in [1.82, 2.24) is 15.5 Å². The van der Waals surface area contributed by atoms with Gasteiger partial charge in [0.05, 0.1) is 30.8 Å². The number of rotatable bonds is 12. The molecule has 376 valence electrons. The van der Waals surface area contributed by atoms with E-state index in [1.54, 1.807) is 25.1 Å². The van der Waals surface area contributed by atoms with Crippen molar-refractivity contribution in [2.75, 3.05) is 19.7 Å². The summed E-state index contributed by atoms with van der Waals surface area (Å²) < 4.78 is 10.1. The lowest BCUT2D eigenvalue weighted by Gasteiger charge is -2.33. The van der Waals surface area contributed by atoms with Gasteiger partial charge in [-0.25, -0.2) is 0 Å². The molecule has 0 saturated carbocycles. The number of benzene rings is 5. The van der Waals surface area contributed by atoms with E-state index < -0.39 is 5.60 Å². The Morgan fingerprint density at radius 1 is 0.690 bits per heavy atom. The molecule has 1 unspecified atom stereocenters. The predicted octanol–water partition coefficient (Wildman–Crippen LogP) is 14.8. The summed E-state index contributed by atoms with van der Waals surface area (Å²) in [5.74, 6) is 3.36. The third kappa shape index (κ3) is 19.1. The van der Waals surface area contributed by atoms with Crippen LogP contribution in [0.2, 0.25) is 0 Å². The van der Waals surface area contributed by atoms with Crippen LogP contribution in [0.15, 0.2) is 138 Å². The average Bonchev–Trinajstić information content (AvgIpc) is 3.90. The summed E-state index contributed by atoms with van der Waals surface area (Å²) in [5, 5.41) is 26.0. The Bertz CT molecular complexity index is 2520. The number of aromatic nitrogens is 2. The molecule has 2 aliphatic heterocycles. The van der Waals surface area contributed by atoms with Gasteiger partial charge in [0.15, 0.2) is 11.6 Å². The summed E-state index contributed by atoms with van der Waals surface area (Å²) in [4.78, 5) is 26.0. The van der Waals surface area contributed by atoms with Crippen molar-refractivity contribution in [3.63, 3.8) is 0 Å². The van der Waals surface area contributed by atoms with Gasteiger partial charge in [0.25, 0.3) is 0 Å². The number of nitrogens with one attached hydrogen (secondary N) is 1. The minimum Gasteiger partial charge on any atom is -0.385 e. The summed E-state index contributed by atoms with van der Waals surface area (Å²) in [6.45, 7) is 26.0. The molecule has 2 saturated heterocycles. The number of piperidine rings is 1. The van der Waals surface area contributed by atoms with E-state index in [9.17, 15) is 14.7 Å². The average molecular weight is 959 g/mol. The topological polar surface area (TPSA) is 138 Å². The molecule has 2 aliphatic rings. The molecule has 3 heterocycles. The van der Waals surface area contributed by atoms with Gasteiger partial charge in [-0.3, -0.25) is 9.59 Å². The number of carbonyl (C=O) groups excluding carboxylic acids is 2. The van der Waals surface area contributed by atoms with Crippen molar-refractivity contribution in [1.29, 1.82) is 5.26 Å². The van der Waals surface area contributed by atoms with E-state index in [1.165, 1.54) is 46.2 Å². The molecule has 0 bridgehead atoms. The number of hydrogen-bond donors (Lipinski definition) is 2. The molecule has 1 atom stereocenters. The lowest BCUT2D eigenvalue weighted by Crippen LogP contribution is -2.39. The molecule has 6 aromatic rings. The van der Waals surface area contributed by atoms with Gasteiger partial charge in [-0.15, -0.1) is 0 Å². The Balaban J connectivity index is 0.000000193. The first-order valence-electron chi connectivity index (χ1n) is 25.3. The minimum absolute atomic E-state index is 0.0406. The van der Waals surface area contributed by atoms with Crippen LogP contribution in [0.4, 0.5) is 0 Å². The maximum Gasteiger partial charge on any atom is 0.214 e. The van der Waals surface area contributed by atoms with Crippen molar-refractivity contribution < 1.29 is 24.0 Å². The minimum atomic E-state index is -0.610.